The van der Waals surface area contributed by atoms with Gasteiger partial charge in [-0.1, -0.05) is 6.58 Å². The Balaban J connectivity index is 2.72. The predicted molar refractivity (Wildman–Crippen MR) is 73.6 cm³/mol. The summed E-state index contributed by atoms with van der Waals surface area (Å²) >= 11 is 0. The molecule has 1 saturated heterocycles. The van der Waals surface area contributed by atoms with Gasteiger partial charge in [0.1, 0.15) is 0 Å². The van der Waals surface area contributed by atoms with Gasteiger partial charge in [-0.2, -0.15) is 0 Å². The van der Waals surface area contributed by atoms with Crippen LogP contribution in [0.1, 0.15) is 47.0 Å². The fraction of sp³-hybridized carbons (Fsp3) is 0.600. The van der Waals surface area contributed by atoms with E-state index in [0.29, 0.717) is 12.2 Å². The maximum atomic E-state index is 11.9. The van der Waals surface area contributed by atoms with E-state index < -0.39 is 17.5 Å². The highest BCUT2D eigenvalue weighted by Gasteiger charge is 2.32. The van der Waals surface area contributed by atoms with Crippen LogP contribution in [0, 0.1) is 0 Å². The lowest BCUT2D eigenvalue weighted by atomic mass is 9.86. The number of carbonyl (C=O) groups is 2. The lowest BCUT2D eigenvalue weighted by Crippen LogP contribution is -2.35. The lowest BCUT2D eigenvalue weighted by Gasteiger charge is -2.35. The lowest BCUT2D eigenvalue weighted by molar-refractivity contribution is -0.252. The van der Waals surface area contributed by atoms with Crippen LogP contribution in [0.4, 0.5) is 0 Å². The molecule has 1 atom stereocenters. The number of hydrogen-bond acceptors (Lipinski definition) is 5. The van der Waals surface area contributed by atoms with Crippen molar-refractivity contribution < 1.29 is 24.1 Å². The van der Waals surface area contributed by atoms with E-state index in [0.717, 1.165) is 24.8 Å². The normalized spacial score (nSPS) is 23.6. The molecule has 0 amide bonds. The predicted octanol–water partition coefficient (Wildman–Crippen LogP) is 2.86. The van der Waals surface area contributed by atoms with Crippen molar-refractivity contribution in [1.29, 1.82) is 0 Å². The Bertz CT molecular complexity index is 441. The number of carbonyl (C=O) groups excluding carboxylic acids is 2. The second kappa shape index (κ2) is 6.70. The molecule has 0 N–H and O–H groups in total. The zero-order valence-electron chi connectivity index (χ0n) is 12.6. The summed E-state index contributed by atoms with van der Waals surface area (Å²) in [5.41, 5.74) is 0.899. The first-order valence-corrected chi connectivity index (χ1v) is 6.68. The van der Waals surface area contributed by atoms with Gasteiger partial charge in [0.05, 0.1) is 5.60 Å². The summed E-state index contributed by atoms with van der Waals surface area (Å²) in [5.74, 6) is -1.45. The summed E-state index contributed by atoms with van der Waals surface area (Å²) in [6.45, 7) is 11.0. The molecule has 0 bridgehead atoms. The molecule has 0 aromatic heterocycles. The number of rotatable bonds is 3. The smallest absolute Gasteiger partial charge is 0.371 e. The molecule has 1 rings (SSSR count). The SMILES string of the molecule is C=C(C)C(=O)OOC(=O)/C(C)=C(\C)C1(C)CCCCO1. The van der Waals surface area contributed by atoms with Gasteiger partial charge in [-0.05, 0) is 52.5 Å². The average molecular weight is 282 g/mol. The summed E-state index contributed by atoms with van der Waals surface area (Å²) < 4.78 is 5.77. The summed E-state index contributed by atoms with van der Waals surface area (Å²) in [6.07, 6.45) is 2.94. The van der Waals surface area contributed by atoms with Crippen molar-refractivity contribution in [3.05, 3.63) is 23.3 Å². The first-order chi connectivity index (χ1) is 9.28. The van der Waals surface area contributed by atoms with E-state index in [2.05, 4.69) is 16.4 Å². The Kier molecular flexibility index (Phi) is 5.51. The van der Waals surface area contributed by atoms with Crippen molar-refractivity contribution in [1.82, 2.24) is 0 Å². The van der Waals surface area contributed by atoms with Gasteiger partial charge >= 0.3 is 11.9 Å². The minimum atomic E-state index is -0.760. The molecule has 112 valence electrons. The van der Waals surface area contributed by atoms with Crippen LogP contribution in [0.2, 0.25) is 0 Å². The molecule has 0 aromatic rings. The van der Waals surface area contributed by atoms with Gasteiger partial charge in [-0.15, -0.1) is 0 Å². The van der Waals surface area contributed by atoms with Crippen molar-refractivity contribution >= 4 is 11.9 Å². The van der Waals surface area contributed by atoms with Gasteiger partial charge in [0.2, 0.25) is 0 Å². The van der Waals surface area contributed by atoms with E-state index >= 15 is 0 Å². The zero-order chi connectivity index (χ0) is 15.3. The Labute approximate surface area is 119 Å². The molecule has 5 nitrogen and oxygen atoms in total. The highest BCUT2D eigenvalue weighted by Crippen LogP contribution is 2.33. The van der Waals surface area contributed by atoms with E-state index in [1.165, 1.54) is 6.92 Å². The Hall–Kier alpha value is -1.62. The van der Waals surface area contributed by atoms with Gasteiger partial charge in [-0.25, -0.2) is 19.4 Å². The van der Waals surface area contributed by atoms with Crippen molar-refractivity contribution in [3.63, 3.8) is 0 Å². The highest BCUT2D eigenvalue weighted by atomic mass is 17.2. The standard InChI is InChI=1S/C15H22O5/c1-10(2)13(16)19-20-14(17)11(3)12(4)15(5)8-6-7-9-18-15/h1,6-9H2,2-5H3/b12-11+. The van der Waals surface area contributed by atoms with E-state index in [4.69, 9.17) is 4.74 Å². The summed E-state index contributed by atoms with van der Waals surface area (Å²) in [7, 11) is 0. The average Bonchev–Trinajstić information content (AvgIpc) is 2.43. The van der Waals surface area contributed by atoms with Crippen LogP contribution in [-0.4, -0.2) is 24.1 Å². The van der Waals surface area contributed by atoms with Gasteiger partial charge in [0.25, 0.3) is 0 Å². The van der Waals surface area contributed by atoms with Gasteiger partial charge in [0, 0.05) is 17.8 Å². The largest absolute Gasteiger partial charge is 0.382 e. The van der Waals surface area contributed by atoms with Gasteiger partial charge in [0.15, 0.2) is 0 Å². The molecule has 0 aliphatic carbocycles. The molecular formula is C15H22O5. The molecule has 0 saturated carbocycles. The molecule has 1 unspecified atom stereocenters. The molecule has 0 spiro atoms. The topological polar surface area (TPSA) is 61.8 Å². The van der Waals surface area contributed by atoms with Crippen LogP contribution in [0.25, 0.3) is 0 Å². The minimum absolute atomic E-state index is 0.165. The first kappa shape index (κ1) is 16.4. The van der Waals surface area contributed by atoms with E-state index in [1.807, 2.05) is 13.8 Å². The second-order valence-corrected chi connectivity index (χ2v) is 5.31. The third-order valence-corrected chi connectivity index (χ3v) is 3.67. The summed E-state index contributed by atoms with van der Waals surface area (Å²) in [6, 6.07) is 0. The monoisotopic (exact) mass is 282 g/mol. The number of ether oxygens (including phenoxy) is 1. The fourth-order valence-electron chi connectivity index (χ4n) is 1.99. The molecule has 1 aliphatic heterocycles. The van der Waals surface area contributed by atoms with Crippen LogP contribution >= 0.6 is 0 Å². The van der Waals surface area contributed by atoms with Crippen molar-refractivity contribution in [2.24, 2.45) is 0 Å². The molecule has 1 fully saturated rings. The third-order valence-electron chi connectivity index (χ3n) is 3.67. The molecule has 5 heteroatoms. The third kappa shape index (κ3) is 3.93. The minimum Gasteiger partial charge on any atom is -0.371 e. The van der Waals surface area contributed by atoms with Crippen molar-refractivity contribution in [2.75, 3.05) is 6.61 Å². The van der Waals surface area contributed by atoms with Crippen molar-refractivity contribution in [2.45, 2.75) is 52.6 Å². The second-order valence-electron chi connectivity index (χ2n) is 5.31. The molecule has 20 heavy (non-hydrogen) atoms. The van der Waals surface area contributed by atoms with Crippen LogP contribution in [-0.2, 0) is 24.1 Å². The van der Waals surface area contributed by atoms with E-state index in [-0.39, 0.29) is 5.57 Å². The Morgan fingerprint density at radius 3 is 2.20 bits per heavy atom. The van der Waals surface area contributed by atoms with Crippen LogP contribution < -0.4 is 0 Å². The Morgan fingerprint density at radius 2 is 1.70 bits per heavy atom. The van der Waals surface area contributed by atoms with E-state index in [1.54, 1.807) is 6.92 Å². The van der Waals surface area contributed by atoms with Crippen LogP contribution in [0.5, 0.6) is 0 Å². The van der Waals surface area contributed by atoms with Gasteiger partial charge in [-0.3, -0.25) is 0 Å². The molecule has 0 radical (unpaired) electrons. The van der Waals surface area contributed by atoms with E-state index in [9.17, 15) is 9.59 Å². The maximum absolute atomic E-state index is 11.9. The molecular weight excluding hydrogens is 260 g/mol. The Morgan fingerprint density at radius 1 is 1.10 bits per heavy atom. The van der Waals surface area contributed by atoms with Crippen molar-refractivity contribution in [3.8, 4) is 0 Å². The summed E-state index contributed by atoms with van der Waals surface area (Å²) in [4.78, 5) is 31.9. The highest BCUT2D eigenvalue weighted by molar-refractivity contribution is 5.91. The van der Waals surface area contributed by atoms with Crippen LogP contribution in [0.3, 0.4) is 0 Å². The summed E-state index contributed by atoms with van der Waals surface area (Å²) in [5, 5.41) is 0. The molecule has 1 heterocycles. The zero-order valence-corrected chi connectivity index (χ0v) is 12.6. The first-order valence-electron chi connectivity index (χ1n) is 6.68. The molecule has 1 aliphatic rings. The van der Waals surface area contributed by atoms with Gasteiger partial charge < -0.3 is 4.74 Å². The van der Waals surface area contributed by atoms with Crippen LogP contribution in [0.15, 0.2) is 23.3 Å². The maximum Gasteiger partial charge on any atom is 0.382 e. The quantitative estimate of drug-likeness (QED) is 0.452. The fourth-order valence-corrected chi connectivity index (χ4v) is 1.99. The molecule has 0 aromatic carbocycles. The number of hydrogen-bond donors (Lipinski definition) is 0.